The fourth-order valence-corrected chi connectivity index (χ4v) is 1.31. The van der Waals surface area contributed by atoms with Gasteiger partial charge in [-0.2, -0.15) is 4.98 Å². The number of nitrogens with zero attached hydrogens (tertiary/aromatic N) is 3. The molecule has 0 aliphatic carbocycles. The van der Waals surface area contributed by atoms with Crippen molar-refractivity contribution in [3.63, 3.8) is 0 Å². The first-order chi connectivity index (χ1) is 7.72. The minimum atomic E-state index is -0.292. The Balaban J connectivity index is 2.42. The molecule has 1 unspecified atom stereocenters. The summed E-state index contributed by atoms with van der Waals surface area (Å²) in [6.07, 6.45) is 1.63. The van der Waals surface area contributed by atoms with Crippen LogP contribution in [0.15, 0.2) is 22.9 Å². The van der Waals surface area contributed by atoms with Crippen LogP contribution in [0, 0.1) is 0 Å². The van der Waals surface area contributed by atoms with Crippen LogP contribution in [-0.2, 0) is 0 Å². The summed E-state index contributed by atoms with van der Waals surface area (Å²) in [5, 5.41) is 3.47. The SMILES string of the molecule is COc1ncccc1-c1nc(C(C)Cl)no1. The van der Waals surface area contributed by atoms with Crippen LogP contribution in [0.5, 0.6) is 5.88 Å². The molecule has 0 spiro atoms. The van der Waals surface area contributed by atoms with Crippen LogP contribution in [0.2, 0.25) is 0 Å². The van der Waals surface area contributed by atoms with Crippen molar-refractivity contribution in [1.82, 2.24) is 15.1 Å². The molecule has 5 nitrogen and oxygen atoms in total. The zero-order valence-corrected chi connectivity index (χ0v) is 9.60. The van der Waals surface area contributed by atoms with Crippen molar-refractivity contribution in [2.24, 2.45) is 0 Å². The van der Waals surface area contributed by atoms with Gasteiger partial charge >= 0.3 is 0 Å². The van der Waals surface area contributed by atoms with Crippen LogP contribution in [-0.4, -0.2) is 22.2 Å². The summed E-state index contributed by atoms with van der Waals surface area (Å²) in [6.45, 7) is 1.77. The Morgan fingerprint density at radius 3 is 2.94 bits per heavy atom. The lowest BCUT2D eigenvalue weighted by Crippen LogP contribution is -1.91. The van der Waals surface area contributed by atoms with Crippen molar-refractivity contribution in [2.45, 2.75) is 12.3 Å². The van der Waals surface area contributed by atoms with E-state index in [4.69, 9.17) is 20.9 Å². The van der Waals surface area contributed by atoms with Crippen molar-refractivity contribution in [3.05, 3.63) is 24.2 Å². The average molecular weight is 240 g/mol. The maximum Gasteiger partial charge on any atom is 0.263 e. The number of alkyl halides is 1. The molecule has 2 aromatic rings. The zero-order valence-electron chi connectivity index (χ0n) is 8.85. The highest BCUT2D eigenvalue weighted by molar-refractivity contribution is 6.20. The molecule has 0 radical (unpaired) electrons. The number of hydrogen-bond acceptors (Lipinski definition) is 5. The second-order valence-corrected chi connectivity index (χ2v) is 3.79. The van der Waals surface area contributed by atoms with E-state index in [9.17, 15) is 0 Å². The van der Waals surface area contributed by atoms with Gasteiger partial charge in [0, 0.05) is 6.20 Å². The standard InChI is InChI=1S/C10H10ClN3O2/c1-6(11)8-13-10(16-14-8)7-4-3-5-12-9(7)15-2/h3-6H,1-2H3. The molecule has 0 fully saturated rings. The van der Waals surface area contributed by atoms with Gasteiger partial charge in [0.1, 0.15) is 5.56 Å². The van der Waals surface area contributed by atoms with E-state index >= 15 is 0 Å². The van der Waals surface area contributed by atoms with Gasteiger partial charge in [0.2, 0.25) is 5.88 Å². The van der Waals surface area contributed by atoms with Gasteiger partial charge in [-0.25, -0.2) is 4.98 Å². The first kappa shape index (κ1) is 10.9. The third kappa shape index (κ3) is 1.99. The molecule has 1 atom stereocenters. The van der Waals surface area contributed by atoms with Gasteiger partial charge in [-0.3, -0.25) is 0 Å². The van der Waals surface area contributed by atoms with Crippen LogP contribution in [0.25, 0.3) is 11.5 Å². The highest BCUT2D eigenvalue weighted by Crippen LogP contribution is 2.27. The summed E-state index contributed by atoms with van der Waals surface area (Å²) >= 11 is 5.85. The molecular weight excluding hydrogens is 230 g/mol. The van der Waals surface area contributed by atoms with E-state index in [1.165, 1.54) is 7.11 Å². The lowest BCUT2D eigenvalue weighted by molar-refractivity contribution is 0.390. The normalized spacial score (nSPS) is 12.4. The molecule has 6 heteroatoms. The van der Waals surface area contributed by atoms with Gasteiger partial charge in [-0.15, -0.1) is 11.6 Å². The minimum Gasteiger partial charge on any atom is -0.480 e. The van der Waals surface area contributed by atoms with Gasteiger partial charge in [0.05, 0.1) is 12.5 Å². The molecule has 0 amide bonds. The van der Waals surface area contributed by atoms with E-state index in [2.05, 4.69) is 15.1 Å². The molecule has 0 saturated carbocycles. The lowest BCUT2D eigenvalue weighted by atomic mass is 10.2. The Kier molecular flexibility index (Phi) is 3.05. The Morgan fingerprint density at radius 1 is 1.50 bits per heavy atom. The predicted molar refractivity (Wildman–Crippen MR) is 58.3 cm³/mol. The van der Waals surface area contributed by atoms with Gasteiger partial charge < -0.3 is 9.26 Å². The maximum absolute atomic E-state index is 5.85. The van der Waals surface area contributed by atoms with E-state index < -0.39 is 0 Å². The second-order valence-electron chi connectivity index (χ2n) is 3.13. The van der Waals surface area contributed by atoms with Crippen molar-refractivity contribution in [3.8, 4) is 17.3 Å². The zero-order chi connectivity index (χ0) is 11.5. The second kappa shape index (κ2) is 4.49. The molecular formula is C10H10ClN3O2. The summed E-state index contributed by atoms with van der Waals surface area (Å²) in [6, 6.07) is 3.56. The number of rotatable bonds is 3. The maximum atomic E-state index is 5.85. The topological polar surface area (TPSA) is 61.0 Å². The molecule has 0 N–H and O–H groups in total. The Bertz CT molecular complexity index is 484. The van der Waals surface area contributed by atoms with E-state index in [-0.39, 0.29) is 5.38 Å². The molecule has 0 aliphatic rings. The van der Waals surface area contributed by atoms with Crippen LogP contribution in [0.3, 0.4) is 0 Å². The van der Waals surface area contributed by atoms with Gasteiger partial charge in [-0.05, 0) is 19.1 Å². The Morgan fingerprint density at radius 2 is 2.31 bits per heavy atom. The van der Waals surface area contributed by atoms with E-state index in [1.54, 1.807) is 25.3 Å². The number of methoxy groups -OCH3 is 1. The molecule has 0 aliphatic heterocycles. The number of aromatic nitrogens is 3. The number of ether oxygens (including phenoxy) is 1. The van der Waals surface area contributed by atoms with E-state index in [0.717, 1.165) is 0 Å². The van der Waals surface area contributed by atoms with Crippen LogP contribution in [0.1, 0.15) is 18.1 Å². The molecule has 0 aromatic carbocycles. The Labute approximate surface area is 97.4 Å². The fraction of sp³-hybridized carbons (Fsp3) is 0.300. The summed E-state index contributed by atoms with van der Waals surface area (Å²) in [7, 11) is 1.54. The van der Waals surface area contributed by atoms with Crippen LogP contribution in [0.4, 0.5) is 0 Å². The highest BCUT2D eigenvalue weighted by Gasteiger charge is 2.16. The van der Waals surface area contributed by atoms with E-state index in [1.807, 2.05) is 0 Å². The van der Waals surface area contributed by atoms with Gasteiger partial charge in [0.15, 0.2) is 5.82 Å². The molecule has 0 saturated heterocycles. The van der Waals surface area contributed by atoms with Gasteiger partial charge in [0.25, 0.3) is 5.89 Å². The van der Waals surface area contributed by atoms with Crippen LogP contribution >= 0.6 is 11.6 Å². The van der Waals surface area contributed by atoms with Crippen molar-refractivity contribution >= 4 is 11.6 Å². The van der Waals surface area contributed by atoms with Crippen LogP contribution < -0.4 is 4.74 Å². The molecule has 2 heterocycles. The number of hydrogen-bond donors (Lipinski definition) is 0. The minimum absolute atomic E-state index is 0.292. The summed E-state index contributed by atoms with van der Waals surface area (Å²) in [5.41, 5.74) is 0.654. The highest BCUT2D eigenvalue weighted by atomic mass is 35.5. The average Bonchev–Trinajstić information content (AvgIpc) is 2.78. The molecule has 84 valence electrons. The van der Waals surface area contributed by atoms with Crippen molar-refractivity contribution < 1.29 is 9.26 Å². The lowest BCUT2D eigenvalue weighted by Gasteiger charge is -2.01. The molecule has 2 rings (SSSR count). The molecule has 16 heavy (non-hydrogen) atoms. The summed E-state index contributed by atoms with van der Waals surface area (Å²) in [4.78, 5) is 8.20. The smallest absolute Gasteiger partial charge is 0.263 e. The summed E-state index contributed by atoms with van der Waals surface area (Å²) < 4.78 is 10.2. The first-order valence-electron chi connectivity index (χ1n) is 4.69. The number of pyridine rings is 1. The van der Waals surface area contributed by atoms with Crippen molar-refractivity contribution in [1.29, 1.82) is 0 Å². The molecule has 0 bridgehead atoms. The first-order valence-corrected chi connectivity index (χ1v) is 5.13. The van der Waals surface area contributed by atoms with E-state index in [0.29, 0.717) is 23.2 Å². The third-order valence-electron chi connectivity index (χ3n) is 1.99. The monoisotopic (exact) mass is 239 g/mol. The fourth-order valence-electron chi connectivity index (χ4n) is 1.22. The summed E-state index contributed by atoms with van der Waals surface area (Å²) in [5.74, 6) is 1.25. The Hall–Kier alpha value is -1.62. The quantitative estimate of drug-likeness (QED) is 0.770. The third-order valence-corrected chi connectivity index (χ3v) is 2.19. The largest absolute Gasteiger partial charge is 0.480 e. The van der Waals surface area contributed by atoms with Gasteiger partial charge in [-0.1, -0.05) is 5.16 Å². The predicted octanol–water partition coefficient (Wildman–Crippen LogP) is 2.44. The number of halogens is 1. The van der Waals surface area contributed by atoms with Crippen molar-refractivity contribution in [2.75, 3.05) is 7.11 Å². The molecule has 2 aromatic heterocycles.